The Bertz CT molecular complexity index is 364. The molecule has 0 amide bonds. The molecule has 1 aromatic heterocycles. The lowest BCUT2D eigenvalue weighted by Crippen LogP contribution is -2.37. The molecule has 0 aromatic carbocycles. The van der Waals surface area contributed by atoms with Crippen LogP contribution in [-0.4, -0.2) is 24.1 Å². The minimum Gasteiger partial charge on any atom is -0.345 e. The fraction of sp³-hybridized carbons (Fsp3) is 0.786. The SMILES string of the molecule is CCCNC(C)c1cnc(N2CCCCC2C)s1. The van der Waals surface area contributed by atoms with Crippen molar-refractivity contribution < 1.29 is 0 Å². The number of piperidine rings is 1. The second-order valence-corrected chi connectivity index (χ2v) is 6.30. The van der Waals surface area contributed by atoms with E-state index >= 15 is 0 Å². The van der Waals surface area contributed by atoms with Crippen molar-refractivity contribution in [2.24, 2.45) is 0 Å². The maximum Gasteiger partial charge on any atom is 0.185 e. The molecule has 0 spiro atoms. The predicted octanol–water partition coefficient (Wildman–Crippen LogP) is 3.58. The molecule has 2 unspecified atom stereocenters. The summed E-state index contributed by atoms with van der Waals surface area (Å²) >= 11 is 1.85. The van der Waals surface area contributed by atoms with Crippen LogP contribution in [0.25, 0.3) is 0 Å². The van der Waals surface area contributed by atoms with Crippen molar-refractivity contribution in [3.63, 3.8) is 0 Å². The van der Waals surface area contributed by atoms with Crippen molar-refractivity contribution in [3.05, 3.63) is 11.1 Å². The lowest BCUT2D eigenvalue weighted by molar-refractivity contribution is 0.484. The Kier molecular flexibility index (Phi) is 5.01. The normalized spacial score (nSPS) is 22.2. The Morgan fingerprint density at radius 2 is 2.39 bits per heavy atom. The summed E-state index contributed by atoms with van der Waals surface area (Å²) in [6.45, 7) is 9.00. The third kappa shape index (κ3) is 3.23. The highest BCUT2D eigenvalue weighted by Crippen LogP contribution is 2.31. The molecule has 1 N–H and O–H groups in total. The van der Waals surface area contributed by atoms with Crippen molar-refractivity contribution in [2.45, 2.75) is 58.5 Å². The molecule has 1 fully saturated rings. The average Bonchev–Trinajstić information content (AvgIpc) is 2.86. The van der Waals surface area contributed by atoms with Crippen molar-refractivity contribution in [2.75, 3.05) is 18.0 Å². The molecule has 1 aliphatic rings. The van der Waals surface area contributed by atoms with Gasteiger partial charge in [0.25, 0.3) is 0 Å². The van der Waals surface area contributed by atoms with E-state index in [-0.39, 0.29) is 0 Å². The summed E-state index contributed by atoms with van der Waals surface area (Å²) in [7, 11) is 0. The van der Waals surface area contributed by atoms with E-state index in [9.17, 15) is 0 Å². The zero-order valence-corrected chi connectivity index (χ0v) is 12.6. The Morgan fingerprint density at radius 1 is 1.56 bits per heavy atom. The first kappa shape index (κ1) is 13.8. The number of hydrogen-bond acceptors (Lipinski definition) is 4. The van der Waals surface area contributed by atoms with Crippen molar-refractivity contribution in [1.82, 2.24) is 10.3 Å². The van der Waals surface area contributed by atoms with E-state index in [1.807, 2.05) is 11.3 Å². The van der Waals surface area contributed by atoms with Crippen molar-refractivity contribution >= 4 is 16.5 Å². The van der Waals surface area contributed by atoms with Gasteiger partial charge in [-0.1, -0.05) is 6.92 Å². The van der Waals surface area contributed by atoms with E-state index < -0.39 is 0 Å². The monoisotopic (exact) mass is 267 g/mol. The molecule has 0 aliphatic carbocycles. The van der Waals surface area contributed by atoms with E-state index in [2.05, 4.69) is 42.2 Å². The quantitative estimate of drug-likeness (QED) is 0.884. The van der Waals surface area contributed by atoms with Gasteiger partial charge < -0.3 is 10.2 Å². The number of aromatic nitrogens is 1. The van der Waals surface area contributed by atoms with E-state index in [4.69, 9.17) is 0 Å². The predicted molar refractivity (Wildman–Crippen MR) is 79.5 cm³/mol. The molecule has 102 valence electrons. The van der Waals surface area contributed by atoms with Crippen LogP contribution in [0.3, 0.4) is 0 Å². The van der Waals surface area contributed by atoms with Gasteiger partial charge in [0.05, 0.1) is 0 Å². The van der Waals surface area contributed by atoms with Crippen LogP contribution in [0.4, 0.5) is 5.13 Å². The second kappa shape index (κ2) is 6.53. The van der Waals surface area contributed by atoms with E-state index in [0.29, 0.717) is 12.1 Å². The van der Waals surface area contributed by atoms with Gasteiger partial charge in [-0.25, -0.2) is 4.98 Å². The van der Waals surface area contributed by atoms with Crippen LogP contribution in [0.5, 0.6) is 0 Å². The molecule has 1 aliphatic heterocycles. The summed E-state index contributed by atoms with van der Waals surface area (Å²) in [5, 5.41) is 4.74. The smallest absolute Gasteiger partial charge is 0.185 e. The van der Waals surface area contributed by atoms with Crippen molar-refractivity contribution in [3.8, 4) is 0 Å². The van der Waals surface area contributed by atoms with Crippen LogP contribution >= 0.6 is 11.3 Å². The number of nitrogens with zero attached hydrogens (tertiary/aromatic N) is 2. The number of thiazole rings is 1. The second-order valence-electron chi connectivity index (χ2n) is 5.26. The van der Waals surface area contributed by atoms with Gasteiger partial charge in [0.15, 0.2) is 5.13 Å². The lowest BCUT2D eigenvalue weighted by Gasteiger charge is -2.33. The van der Waals surface area contributed by atoms with Crippen LogP contribution in [0, 0.1) is 0 Å². The third-order valence-electron chi connectivity index (χ3n) is 3.69. The first-order chi connectivity index (χ1) is 8.72. The van der Waals surface area contributed by atoms with Gasteiger partial charge in [0.2, 0.25) is 0 Å². The summed E-state index contributed by atoms with van der Waals surface area (Å²) in [5.41, 5.74) is 0. The lowest BCUT2D eigenvalue weighted by atomic mass is 10.1. The third-order valence-corrected chi connectivity index (χ3v) is 4.90. The molecule has 2 atom stereocenters. The maximum atomic E-state index is 4.62. The number of nitrogens with one attached hydrogen (secondary N) is 1. The Balaban J connectivity index is 2.00. The highest BCUT2D eigenvalue weighted by atomic mass is 32.1. The minimum absolute atomic E-state index is 0.427. The Labute approximate surface area is 115 Å². The Morgan fingerprint density at radius 3 is 3.11 bits per heavy atom. The molecule has 4 heteroatoms. The molecule has 0 radical (unpaired) electrons. The zero-order valence-electron chi connectivity index (χ0n) is 11.8. The molecule has 2 heterocycles. The zero-order chi connectivity index (χ0) is 13.0. The molecule has 1 aromatic rings. The number of hydrogen-bond donors (Lipinski definition) is 1. The molecular formula is C14H25N3S. The van der Waals surface area contributed by atoms with E-state index in [1.54, 1.807) is 0 Å². The minimum atomic E-state index is 0.427. The molecule has 18 heavy (non-hydrogen) atoms. The summed E-state index contributed by atoms with van der Waals surface area (Å²) in [4.78, 5) is 8.46. The molecule has 0 saturated carbocycles. The first-order valence-electron chi connectivity index (χ1n) is 7.18. The summed E-state index contributed by atoms with van der Waals surface area (Å²) < 4.78 is 0. The maximum absolute atomic E-state index is 4.62. The first-order valence-corrected chi connectivity index (χ1v) is 7.99. The summed E-state index contributed by atoms with van der Waals surface area (Å²) in [6, 6.07) is 1.08. The van der Waals surface area contributed by atoms with Crippen molar-refractivity contribution in [1.29, 1.82) is 0 Å². The molecule has 2 rings (SSSR count). The van der Waals surface area contributed by atoms with Gasteiger partial charge in [0, 0.05) is 29.7 Å². The highest BCUT2D eigenvalue weighted by molar-refractivity contribution is 7.15. The fourth-order valence-corrected chi connectivity index (χ4v) is 3.52. The topological polar surface area (TPSA) is 28.2 Å². The fourth-order valence-electron chi connectivity index (χ4n) is 2.45. The van der Waals surface area contributed by atoms with Crippen LogP contribution in [0.2, 0.25) is 0 Å². The van der Waals surface area contributed by atoms with Gasteiger partial charge in [-0.15, -0.1) is 11.3 Å². The van der Waals surface area contributed by atoms with Crippen LogP contribution < -0.4 is 10.2 Å². The summed E-state index contributed by atoms with van der Waals surface area (Å²) in [6.07, 6.45) is 7.21. The van der Waals surface area contributed by atoms with Crippen LogP contribution in [0.15, 0.2) is 6.20 Å². The van der Waals surface area contributed by atoms with Gasteiger partial charge in [-0.2, -0.15) is 0 Å². The van der Waals surface area contributed by atoms with Gasteiger partial charge >= 0.3 is 0 Å². The van der Waals surface area contributed by atoms with Gasteiger partial charge in [-0.3, -0.25) is 0 Å². The van der Waals surface area contributed by atoms with E-state index in [1.165, 1.54) is 42.2 Å². The molecule has 0 bridgehead atoms. The Hall–Kier alpha value is -0.610. The van der Waals surface area contributed by atoms with Crippen LogP contribution in [-0.2, 0) is 0 Å². The standard InChI is InChI=1S/C14H25N3S/c1-4-8-15-12(3)13-10-16-14(18-13)17-9-6-5-7-11(17)2/h10-12,15H,4-9H2,1-3H3. The van der Waals surface area contributed by atoms with Gasteiger partial charge in [0.1, 0.15) is 0 Å². The van der Waals surface area contributed by atoms with Crippen LogP contribution in [0.1, 0.15) is 57.4 Å². The van der Waals surface area contributed by atoms with Gasteiger partial charge in [-0.05, 0) is 46.1 Å². The van der Waals surface area contributed by atoms with E-state index in [0.717, 1.165) is 6.54 Å². The molecular weight excluding hydrogens is 242 g/mol. The molecule has 3 nitrogen and oxygen atoms in total. The molecule has 1 saturated heterocycles. The largest absolute Gasteiger partial charge is 0.345 e. The summed E-state index contributed by atoms with van der Waals surface area (Å²) in [5.74, 6) is 0. The average molecular weight is 267 g/mol. The highest BCUT2D eigenvalue weighted by Gasteiger charge is 2.21. The number of anilines is 1. The number of rotatable bonds is 5.